The van der Waals surface area contributed by atoms with Gasteiger partial charge in [0, 0.05) is 18.3 Å². The normalized spacial score (nSPS) is 16.0. The number of urea groups is 1. The maximum Gasteiger partial charge on any atom is 0.322 e. The molecule has 2 aromatic carbocycles. The molecule has 1 saturated heterocycles. The SMILES string of the molecule is COc1ccc(NC(=O)N2CCCCC2c2noc(COc3ccc(F)cc3)n2)cc1F. The highest BCUT2D eigenvalue weighted by Gasteiger charge is 2.31. The van der Waals surface area contributed by atoms with Crippen LogP contribution in [0, 0.1) is 11.6 Å². The number of carbonyl (C=O) groups is 1. The van der Waals surface area contributed by atoms with Gasteiger partial charge in [0.25, 0.3) is 5.89 Å². The first-order chi connectivity index (χ1) is 15.5. The number of anilines is 1. The molecular formula is C22H22F2N4O4. The van der Waals surface area contributed by atoms with E-state index in [0.29, 0.717) is 30.2 Å². The average molecular weight is 444 g/mol. The van der Waals surface area contributed by atoms with Gasteiger partial charge in [0.15, 0.2) is 24.0 Å². The molecule has 3 aromatic rings. The zero-order chi connectivity index (χ0) is 22.5. The highest BCUT2D eigenvalue weighted by Crippen LogP contribution is 2.30. The van der Waals surface area contributed by atoms with Gasteiger partial charge in [-0.25, -0.2) is 13.6 Å². The summed E-state index contributed by atoms with van der Waals surface area (Å²) in [7, 11) is 1.37. The van der Waals surface area contributed by atoms with E-state index in [-0.39, 0.29) is 36.1 Å². The van der Waals surface area contributed by atoms with Gasteiger partial charge >= 0.3 is 6.03 Å². The fraction of sp³-hybridized carbons (Fsp3) is 0.318. The van der Waals surface area contributed by atoms with Crippen molar-refractivity contribution in [1.82, 2.24) is 15.0 Å². The van der Waals surface area contributed by atoms with Crippen LogP contribution in [0.4, 0.5) is 19.3 Å². The fourth-order valence-corrected chi connectivity index (χ4v) is 3.52. The molecule has 8 nitrogen and oxygen atoms in total. The standard InChI is InChI=1S/C22H22F2N4O4/c1-30-19-10-7-15(12-17(19)24)25-22(29)28-11-3-2-4-18(28)21-26-20(32-27-21)13-31-16-8-5-14(23)6-9-16/h5-10,12,18H,2-4,11,13H2,1H3,(H,25,29). The Morgan fingerprint density at radius 2 is 2.03 bits per heavy atom. The molecule has 2 heterocycles. The minimum absolute atomic E-state index is 0.0165. The van der Waals surface area contributed by atoms with Crippen LogP contribution >= 0.6 is 0 Å². The Bertz CT molecular complexity index is 1070. The van der Waals surface area contributed by atoms with Gasteiger partial charge in [-0.05, 0) is 55.7 Å². The van der Waals surface area contributed by atoms with Crippen LogP contribution in [0.15, 0.2) is 47.0 Å². The summed E-state index contributed by atoms with van der Waals surface area (Å²) in [5, 5.41) is 6.73. The number of hydrogen-bond acceptors (Lipinski definition) is 6. The molecule has 0 bridgehead atoms. The van der Waals surface area contributed by atoms with E-state index in [1.807, 2.05) is 0 Å². The van der Waals surface area contributed by atoms with Crippen molar-refractivity contribution in [3.05, 3.63) is 65.8 Å². The zero-order valence-electron chi connectivity index (χ0n) is 17.4. The lowest BCUT2D eigenvalue weighted by Crippen LogP contribution is -2.41. The van der Waals surface area contributed by atoms with E-state index in [9.17, 15) is 13.6 Å². The molecule has 0 aliphatic carbocycles. The molecule has 1 aliphatic heterocycles. The summed E-state index contributed by atoms with van der Waals surface area (Å²) in [6.07, 6.45) is 2.41. The monoisotopic (exact) mass is 444 g/mol. The number of carbonyl (C=O) groups excluding carboxylic acids is 1. The second kappa shape index (κ2) is 9.63. The first-order valence-corrected chi connectivity index (χ1v) is 10.2. The lowest BCUT2D eigenvalue weighted by molar-refractivity contribution is 0.157. The highest BCUT2D eigenvalue weighted by molar-refractivity contribution is 5.89. The first-order valence-electron chi connectivity index (χ1n) is 10.2. The number of piperidine rings is 1. The number of amides is 2. The predicted molar refractivity (Wildman–Crippen MR) is 110 cm³/mol. The van der Waals surface area contributed by atoms with Crippen molar-refractivity contribution in [1.29, 1.82) is 0 Å². The Labute approximate surface area is 183 Å². The van der Waals surface area contributed by atoms with E-state index in [1.165, 1.54) is 43.5 Å². The predicted octanol–water partition coefficient (Wildman–Crippen LogP) is 4.69. The smallest absolute Gasteiger partial charge is 0.322 e. The summed E-state index contributed by atoms with van der Waals surface area (Å²) < 4.78 is 42.6. The number of nitrogens with one attached hydrogen (secondary N) is 1. The van der Waals surface area contributed by atoms with Gasteiger partial charge in [-0.1, -0.05) is 5.16 Å². The Hall–Kier alpha value is -3.69. The fourth-order valence-electron chi connectivity index (χ4n) is 3.52. The molecule has 4 rings (SSSR count). The van der Waals surface area contributed by atoms with Crippen LogP contribution in [-0.4, -0.2) is 34.7 Å². The van der Waals surface area contributed by atoms with E-state index >= 15 is 0 Å². The van der Waals surface area contributed by atoms with Crippen molar-refractivity contribution in [2.45, 2.75) is 31.9 Å². The molecule has 1 aromatic heterocycles. The van der Waals surface area contributed by atoms with Crippen molar-refractivity contribution in [3.63, 3.8) is 0 Å². The lowest BCUT2D eigenvalue weighted by Gasteiger charge is -2.33. The summed E-state index contributed by atoms with van der Waals surface area (Å²) in [6, 6.07) is 9.05. The number of ether oxygens (including phenoxy) is 2. The Balaban J connectivity index is 1.42. The quantitative estimate of drug-likeness (QED) is 0.593. The molecule has 0 saturated carbocycles. The minimum atomic E-state index is -0.565. The van der Waals surface area contributed by atoms with Crippen molar-refractivity contribution in [2.24, 2.45) is 0 Å². The lowest BCUT2D eigenvalue weighted by atomic mass is 10.0. The number of likely N-dealkylation sites (tertiary alicyclic amines) is 1. The van der Waals surface area contributed by atoms with Crippen LogP contribution in [0.25, 0.3) is 0 Å². The van der Waals surface area contributed by atoms with Crippen molar-refractivity contribution >= 4 is 11.7 Å². The van der Waals surface area contributed by atoms with Crippen molar-refractivity contribution in [3.8, 4) is 11.5 Å². The maximum absolute atomic E-state index is 13.9. The van der Waals surface area contributed by atoms with Gasteiger partial charge in [0.05, 0.1) is 13.2 Å². The van der Waals surface area contributed by atoms with Gasteiger partial charge in [-0.15, -0.1) is 0 Å². The average Bonchev–Trinajstić information content (AvgIpc) is 3.28. The summed E-state index contributed by atoms with van der Waals surface area (Å²) in [5.74, 6) is 0.262. The molecule has 1 aliphatic rings. The van der Waals surface area contributed by atoms with Gasteiger partial charge in [-0.3, -0.25) is 0 Å². The molecule has 168 valence electrons. The number of methoxy groups -OCH3 is 1. The van der Waals surface area contributed by atoms with E-state index in [2.05, 4.69) is 15.5 Å². The van der Waals surface area contributed by atoms with Gasteiger partial charge < -0.3 is 24.2 Å². The molecule has 1 N–H and O–H groups in total. The van der Waals surface area contributed by atoms with Crippen LogP contribution in [0.2, 0.25) is 0 Å². The number of hydrogen-bond donors (Lipinski definition) is 1. The summed E-state index contributed by atoms with van der Waals surface area (Å²) in [6.45, 7) is 0.522. The molecule has 1 atom stereocenters. The molecule has 1 fully saturated rings. The zero-order valence-corrected chi connectivity index (χ0v) is 17.4. The summed E-state index contributed by atoms with van der Waals surface area (Å²) in [4.78, 5) is 18.9. The Morgan fingerprint density at radius 1 is 1.22 bits per heavy atom. The highest BCUT2D eigenvalue weighted by atomic mass is 19.1. The third kappa shape index (κ3) is 4.96. The molecule has 10 heteroatoms. The van der Waals surface area contributed by atoms with E-state index in [4.69, 9.17) is 14.0 Å². The van der Waals surface area contributed by atoms with Crippen LogP contribution in [0.1, 0.15) is 37.0 Å². The molecular weight excluding hydrogens is 422 g/mol. The van der Waals surface area contributed by atoms with Crippen LogP contribution in [0.5, 0.6) is 11.5 Å². The first kappa shape index (κ1) is 21.5. The molecule has 2 amide bonds. The maximum atomic E-state index is 13.9. The third-order valence-electron chi connectivity index (χ3n) is 5.12. The van der Waals surface area contributed by atoms with E-state index < -0.39 is 5.82 Å². The van der Waals surface area contributed by atoms with Gasteiger partial charge in [-0.2, -0.15) is 4.98 Å². The largest absolute Gasteiger partial charge is 0.494 e. The summed E-state index contributed by atoms with van der Waals surface area (Å²) >= 11 is 0. The van der Waals surface area contributed by atoms with Crippen LogP contribution in [-0.2, 0) is 6.61 Å². The second-order valence-electron chi connectivity index (χ2n) is 7.27. The van der Waals surface area contributed by atoms with E-state index in [1.54, 1.807) is 11.0 Å². The second-order valence-corrected chi connectivity index (χ2v) is 7.27. The number of rotatable bonds is 6. The van der Waals surface area contributed by atoms with Gasteiger partial charge in [0.1, 0.15) is 11.6 Å². The molecule has 0 spiro atoms. The Morgan fingerprint density at radius 3 is 2.78 bits per heavy atom. The van der Waals surface area contributed by atoms with Crippen LogP contribution in [0.3, 0.4) is 0 Å². The van der Waals surface area contributed by atoms with Crippen molar-refractivity contribution in [2.75, 3.05) is 19.0 Å². The number of aromatic nitrogens is 2. The van der Waals surface area contributed by atoms with E-state index in [0.717, 1.165) is 12.8 Å². The number of halogens is 2. The Kier molecular flexibility index (Phi) is 6.48. The minimum Gasteiger partial charge on any atom is -0.494 e. The molecule has 1 unspecified atom stereocenters. The summed E-state index contributed by atoms with van der Waals surface area (Å²) in [5.41, 5.74) is 0.319. The number of nitrogens with zero attached hydrogens (tertiary/aromatic N) is 3. The molecule has 32 heavy (non-hydrogen) atoms. The van der Waals surface area contributed by atoms with Crippen molar-refractivity contribution < 1.29 is 27.6 Å². The van der Waals surface area contributed by atoms with Gasteiger partial charge in [0.2, 0.25) is 0 Å². The van der Waals surface area contributed by atoms with Crippen LogP contribution < -0.4 is 14.8 Å². The number of benzene rings is 2. The molecule has 0 radical (unpaired) electrons. The third-order valence-corrected chi connectivity index (χ3v) is 5.12. The topological polar surface area (TPSA) is 89.7 Å².